The number of carboxylic acid groups (broad SMARTS) is 2. The second-order valence-electron chi connectivity index (χ2n) is 0.575. The van der Waals surface area contributed by atoms with E-state index in [9.17, 15) is 0 Å². The van der Waals surface area contributed by atoms with E-state index in [1.807, 2.05) is 0 Å². The summed E-state index contributed by atoms with van der Waals surface area (Å²) in [5.41, 5.74) is 0. The molecule has 1 radical (unpaired) electrons. The maximum absolute atomic E-state index is 8.93. The molecule has 5 nitrogen and oxygen atoms in total. The topological polar surface area (TPSA) is 112 Å². The first-order valence-corrected chi connectivity index (χ1v) is 1.07. The molecule has 0 saturated carbocycles. The zero-order valence-electron chi connectivity index (χ0n) is 3.43. The van der Waals surface area contributed by atoms with Crippen molar-refractivity contribution in [1.82, 2.24) is 0 Å². The molecule has 0 aromatic carbocycles. The zero-order valence-corrected chi connectivity index (χ0v) is 4.92. The quantitative estimate of drug-likeness (QED) is 0.299. The number of carboxylic acids is 2. The molecular weight excluding hydrogens is 212 g/mol. The molecule has 53 valence electrons. The molecule has 0 aliphatic rings. The first-order valence-electron chi connectivity index (χ1n) is 1.07. The van der Waals surface area contributed by atoms with Gasteiger partial charge in [-0.05, 0) is 0 Å². The van der Waals surface area contributed by atoms with Gasteiger partial charge in [-0.3, -0.25) is 0 Å². The van der Waals surface area contributed by atoms with E-state index in [2.05, 4.69) is 0 Å². The fourth-order valence-corrected chi connectivity index (χ4v) is 0. The van der Waals surface area contributed by atoms with Gasteiger partial charge < -0.3 is 25.3 Å². The Balaban J connectivity index is -0.000000125. The standard InChI is InChI=1S/C2H2O4.Ag.H2O/c3-1(4)2(5)6;;/h(H,3,4)(H,5,6);;1H2/p-2. The van der Waals surface area contributed by atoms with Crippen molar-refractivity contribution >= 4 is 11.9 Å². The molecule has 0 fully saturated rings. The minimum Gasteiger partial charge on any atom is -0.543 e. The van der Waals surface area contributed by atoms with E-state index in [-0.39, 0.29) is 27.9 Å². The summed E-state index contributed by atoms with van der Waals surface area (Å²) in [4.78, 5) is 17.9. The molecule has 0 saturated heterocycles. The van der Waals surface area contributed by atoms with Gasteiger partial charge in [-0.2, -0.15) is 0 Å². The van der Waals surface area contributed by atoms with Gasteiger partial charge in [0.1, 0.15) is 0 Å². The first-order chi connectivity index (χ1) is 2.64. The van der Waals surface area contributed by atoms with Crippen molar-refractivity contribution in [2.24, 2.45) is 0 Å². The second kappa shape index (κ2) is 6.64. The van der Waals surface area contributed by atoms with Gasteiger partial charge in [-0.15, -0.1) is 0 Å². The Hall–Kier alpha value is -0.360. The molecule has 0 amide bonds. The van der Waals surface area contributed by atoms with Crippen molar-refractivity contribution in [3.63, 3.8) is 0 Å². The van der Waals surface area contributed by atoms with Crippen LogP contribution in [0.2, 0.25) is 0 Å². The van der Waals surface area contributed by atoms with E-state index in [1.54, 1.807) is 0 Å². The Morgan fingerprint density at radius 1 is 1.00 bits per heavy atom. The van der Waals surface area contributed by atoms with Gasteiger partial charge in [0, 0.05) is 22.4 Å². The van der Waals surface area contributed by atoms with Crippen molar-refractivity contribution in [3.05, 3.63) is 0 Å². The van der Waals surface area contributed by atoms with Crippen molar-refractivity contribution in [3.8, 4) is 0 Å². The Bertz CT molecular complexity index is 76.4. The van der Waals surface area contributed by atoms with E-state index in [1.165, 1.54) is 0 Å². The molecule has 0 aromatic heterocycles. The van der Waals surface area contributed by atoms with Crippen molar-refractivity contribution in [2.45, 2.75) is 0 Å². The molecule has 8 heavy (non-hydrogen) atoms. The van der Waals surface area contributed by atoms with Crippen LogP contribution in [-0.4, -0.2) is 17.4 Å². The maximum atomic E-state index is 8.93. The number of carbonyl (C=O) groups is 2. The molecule has 6 heteroatoms. The van der Waals surface area contributed by atoms with Crippen LogP contribution in [0.3, 0.4) is 0 Å². The number of hydrogen-bond acceptors (Lipinski definition) is 4. The van der Waals surface area contributed by atoms with Crippen molar-refractivity contribution < 1.29 is 47.7 Å². The van der Waals surface area contributed by atoms with Crippen LogP contribution in [0.15, 0.2) is 0 Å². The summed E-state index contributed by atoms with van der Waals surface area (Å²) >= 11 is 0. The van der Waals surface area contributed by atoms with Crippen LogP contribution < -0.4 is 10.2 Å². The Labute approximate surface area is 60.1 Å². The molecule has 0 aromatic rings. The number of hydrogen-bond donors (Lipinski definition) is 0. The summed E-state index contributed by atoms with van der Waals surface area (Å²) in [5, 5.41) is 17.9. The molecule has 0 unspecified atom stereocenters. The Morgan fingerprint density at radius 2 is 1.12 bits per heavy atom. The third-order valence-corrected chi connectivity index (χ3v) is 0.167. The smallest absolute Gasteiger partial charge is 0.0870 e. The second-order valence-corrected chi connectivity index (χ2v) is 0.575. The van der Waals surface area contributed by atoms with Crippen LogP contribution in [0.4, 0.5) is 0 Å². The van der Waals surface area contributed by atoms with E-state index >= 15 is 0 Å². The molecule has 0 atom stereocenters. The Kier molecular flexibility index (Phi) is 13.0. The fraction of sp³-hybridized carbons (Fsp3) is 0. The molecule has 0 heterocycles. The van der Waals surface area contributed by atoms with Crippen LogP contribution in [0.1, 0.15) is 0 Å². The summed E-state index contributed by atoms with van der Waals surface area (Å²) in [7, 11) is 0. The molecule has 0 aliphatic carbocycles. The summed E-state index contributed by atoms with van der Waals surface area (Å²) in [5.74, 6) is -4.37. The molecule has 2 N–H and O–H groups in total. The summed E-state index contributed by atoms with van der Waals surface area (Å²) in [6.45, 7) is 0. The predicted octanol–water partition coefficient (Wildman–Crippen LogP) is -4.34. The van der Waals surface area contributed by atoms with Crippen LogP contribution in [0.25, 0.3) is 0 Å². The van der Waals surface area contributed by atoms with Gasteiger partial charge in [0.2, 0.25) is 0 Å². The van der Waals surface area contributed by atoms with Crippen LogP contribution in [0.5, 0.6) is 0 Å². The van der Waals surface area contributed by atoms with Gasteiger partial charge in [0.15, 0.2) is 0 Å². The SMILES string of the molecule is O.O=C([O-])C(=O)[O-].[Ag]. The van der Waals surface area contributed by atoms with Crippen molar-refractivity contribution in [1.29, 1.82) is 0 Å². The summed E-state index contributed by atoms with van der Waals surface area (Å²) in [6.07, 6.45) is 0. The Morgan fingerprint density at radius 3 is 1.12 bits per heavy atom. The third kappa shape index (κ3) is 9.16. The normalized spacial score (nSPS) is 5.50. The summed E-state index contributed by atoms with van der Waals surface area (Å²) < 4.78 is 0. The summed E-state index contributed by atoms with van der Waals surface area (Å²) in [6, 6.07) is 0. The maximum Gasteiger partial charge on any atom is 0.0870 e. The van der Waals surface area contributed by atoms with Gasteiger partial charge in [-0.1, -0.05) is 0 Å². The van der Waals surface area contributed by atoms with E-state index in [4.69, 9.17) is 19.8 Å². The molecule has 0 rings (SSSR count). The predicted molar refractivity (Wildman–Crippen MR) is 13.6 cm³/mol. The molecular formula is C2H2AgO5-2. The van der Waals surface area contributed by atoms with Gasteiger partial charge in [-0.25, -0.2) is 0 Å². The van der Waals surface area contributed by atoms with Crippen molar-refractivity contribution in [2.75, 3.05) is 0 Å². The zero-order chi connectivity index (χ0) is 5.15. The van der Waals surface area contributed by atoms with Crippen LogP contribution in [-0.2, 0) is 32.0 Å². The fourth-order valence-electron chi connectivity index (χ4n) is 0. The first kappa shape index (κ1) is 15.6. The largest absolute Gasteiger partial charge is 0.543 e. The monoisotopic (exact) mass is 213 g/mol. The minimum atomic E-state index is -2.19. The minimum absolute atomic E-state index is 0. The number of carbonyl (C=O) groups excluding carboxylic acids is 2. The average Bonchev–Trinajstić information content (AvgIpc) is 1.36. The number of aliphatic carboxylic acids is 2. The van der Waals surface area contributed by atoms with Gasteiger partial charge in [0.25, 0.3) is 0 Å². The average molecular weight is 214 g/mol. The molecule has 0 bridgehead atoms. The molecule has 0 spiro atoms. The van der Waals surface area contributed by atoms with Crippen LogP contribution >= 0.6 is 0 Å². The third-order valence-electron chi connectivity index (χ3n) is 0.167. The van der Waals surface area contributed by atoms with Gasteiger partial charge >= 0.3 is 0 Å². The number of rotatable bonds is 0. The van der Waals surface area contributed by atoms with Crippen LogP contribution in [0, 0.1) is 0 Å². The molecule has 0 aliphatic heterocycles. The van der Waals surface area contributed by atoms with E-state index in [0.29, 0.717) is 0 Å². The van der Waals surface area contributed by atoms with E-state index < -0.39 is 11.9 Å². The van der Waals surface area contributed by atoms with E-state index in [0.717, 1.165) is 0 Å². The van der Waals surface area contributed by atoms with Gasteiger partial charge in [0.05, 0.1) is 11.9 Å².